The summed E-state index contributed by atoms with van der Waals surface area (Å²) in [6, 6.07) is 6.87. The largest absolute Gasteiger partial charge is 0.377 e. The molecule has 0 aliphatic carbocycles. The monoisotopic (exact) mass is 299 g/mol. The summed E-state index contributed by atoms with van der Waals surface area (Å²) < 4.78 is 32.6. The van der Waals surface area contributed by atoms with Gasteiger partial charge in [-0.3, -0.25) is 0 Å². The first-order valence-corrected chi connectivity index (χ1v) is 8.29. The van der Waals surface area contributed by atoms with Gasteiger partial charge >= 0.3 is 0 Å². The van der Waals surface area contributed by atoms with Crippen molar-refractivity contribution in [3.05, 3.63) is 29.8 Å². The van der Waals surface area contributed by atoms with Gasteiger partial charge in [0.15, 0.2) is 0 Å². The number of hydrogen-bond acceptors (Lipinski definition) is 3. The van der Waals surface area contributed by atoms with Gasteiger partial charge in [0.2, 0.25) is 10.0 Å². The van der Waals surface area contributed by atoms with Crippen molar-refractivity contribution in [2.75, 3.05) is 6.61 Å². The number of benzene rings is 1. The highest BCUT2D eigenvalue weighted by molar-refractivity contribution is 7.89. The lowest BCUT2D eigenvalue weighted by molar-refractivity contribution is 0.0970. The molecule has 0 heterocycles. The summed E-state index contributed by atoms with van der Waals surface area (Å²) >= 11 is 0. The summed E-state index contributed by atoms with van der Waals surface area (Å²) in [5, 5.41) is 0. The second-order valence-electron chi connectivity index (χ2n) is 6.41. The van der Waals surface area contributed by atoms with Crippen LogP contribution in [0, 0.1) is 5.92 Å². The van der Waals surface area contributed by atoms with Crippen LogP contribution in [-0.2, 0) is 21.4 Å². The summed E-state index contributed by atoms with van der Waals surface area (Å²) in [7, 11) is -3.49. The van der Waals surface area contributed by atoms with E-state index in [2.05, 4.69) is 18.6 Å². The van der Waals surface area contributed by atoms with Gasteiger partial charge in [-0.2, -0.15) is 0 Å². The Labute approximate surface area is 122 Å². The van der Waals surface area contributed by atoms with E-state index < -0.39 is 15.6 Å². The molecule has 0 spiro atoms. The third-order valence-electron chi connectivity index (χ3n) is 2.37. The zero-order chi connectivity index (χ0) is 15.4. The quantitative estimate of drug-likeness (QED) is 0.878. The van der Waals surface area contributed by atoms with Crippen molar-refractivity contribution in [1.29, 1.82) is 0 Å². The second-order valence-corrected chi connectivity index (χ2v) is 8.09. The number of sulfonamides is 1. The van der Waals surface area contributed by atoms with Crippen LogP contribution in [0.2, 0.25) is 0 Å². The minimum absolute atomic E-state index is 0.276. The Kier molecular flexibility index (Phi) is 5.74. The van der Waals surface area contributed by atoms with E-state index in [1.807, 2.05) is 26.8 Å². The van der Waals surface area contributed by atoms with Crippen LogP contribution in [0.1, 0.15) is 40.2 Å². The fourth-order valence-corrected chi connectivity index (χ4v) is 3.17. The average molecular weight is 299 g/mol. The van der Waals surface area contributed by atoms with E-state index in [0.29, 0.717) is 19.1 Å². The lowest BCUT2D eigenvalue weighted by Gasteiger charge is -2.20. The standard InChI is InChI=1S/C15H25NO3S/c1-12(2)10-19-11-13-7-6-8-14(9-13)20(17,18)16-15(3,4)5/h6-9,12,16H,10-11H2,1-5H3. The topological polar surface area (TPSA) is 55.4 Å². The van der Waals surface area contributed by atoms with Crippen LogP contribution in [0.4, 0.5) is 0 Å². The number of nitrogens with one attached hydrogen (secondary N) is 1. The zero-order valence-electron chi connectivity index (χ0n) is 12.9. The van der Waals surface area contributed by atoms with E-state index in [4.69, 9.17) is 4.74 Å². The van der Waals surface area contributed by atoms with Crippen LogP contribution in [-0.4, -0.2) is 20.6 Å². The molecule has 114 valence electrons. The highest BCUT2D eigenvalue weighted by atomic mass is 32.2. The molecule has 0 saturated carbocycles. The van der Waals surface area contributed by atoms with Crippen LogP contribution in [0.3, 0.4) is 0 Å². The summed E-state index contributed by atoms with van der Waals surface area (Å²) in [6.07, 6.45) is 0. The maximum Gasteiger partial charge on any atom is 0.241 e. The van der Waals surface area contributed by atoms with Gasteiger partial charge in [0.05, 0.1) is 11.5 Å². The predicted molar refractivity (Wildman–Crippen MR) is 81.0 cm³/mol. The first-order chi connectivity index (χ1) is 9.10. The molecule has 0 unspecified atom stereocenters. The van der Waals surface area contributed by atoms with Crippen molar-refractivity contribution in [1.82, 2.24) is 4.72 Å². The Morgan fingerprint density at radius 1 is 1.25 bits per heavy atom. The summed E-state index contributed by atoms with van der Waals surface area (Å²) in [6.45, 7) is 10.7. The third kappa shape index (κ3) is 6.03. The maximum absolute atomic E-state index is 12.2. The number of ether oxygens (including phenoxy) is 1. The van der Waals surface area contributed by atoms with Gasteiger partial charge in [0.25, 0.3) is 0 Å². The number of rotatable bonds is 6. The molecule has 0 bridgehead atoms. The second kappa shape index (κ2) is 6.70. The molecule has 20 heavy (non-hydrogen) atoms. The summed E-state index contributed by atoms with van der Waals surface area (Å²) in [5.74, 6) is 0.462. The fraction of sp³-hybridized carbons (Fsp3) is 0.600. The predicted octanol–water partition coefficient (Wildman–Crippen LogP) is 2.94. The van der Waals surface area contributed by atoms with Gasteiger partial charge in [-0.05, 0) is 44.4 Å². The van der Waals surface area contributed by atoms with Crippen molar-refractivity contribution in [2.24, 2.45) is 5.92 Å². The van der Waals surface area contributed by atoms with E-state index in [1.165, 1.54) is 0 Å². The zero-order valence-corrected chi connectivity index (χ0v) is 13.8. The van der Waals surface area contributed by atoms with Crippen molar-refractivity contribution in [3.63, 3.8) is 0 Å². The van der Waals surface area contributed by atoms with Gasteiger partial charge in [-0.1, -0.05) is 26.0 Å². The lowest BCUT2D eigenvalue weighted by Crippen LogP contribution is -2.40. The smallest absolute Gasteiger partial charge is 0.241 e. The van der Waals surface area contributed by atoms with E-state index in [-0.39, 0.29) is 4.90 Å². The Morgan fingerprint density at radius 3 is 2.45 bits per heavy atom. The molecular weight excluding hydrogens is 274 g/mol. The van der Waals surface area contributed by atoms with Crippen molar-refractivity contribution in [3.8, 4) is 0 Å². The van der Waals surface area contributed by atoms with Crippen molar-refractivity contribution < 1.29 is 13.2 Å². The molecule has 4 nitrogen and oxygen atoms in total. The average Bonchev–Trinajstić information content (AvgIpc) is 2.25. The van der Waals surface area contributed by atoms with Crippen molar-refractivity contribution >= 4 is 10.0 Å². The van der Waals surface area contributed by atoms with E-state index in [9.17, 15) is 8.42 Å². The van der Waals surface area contributed by atoms with E-state index in [0.717, 1.165) is 5.56 Å². The molecular formula is C15H25NO3S. The molecule has 0 aliphatic rings. The molecule has 0 atom stereocenters. The molecule has 0 aliphatic heterocycles. The SMILES string of the molecule is CC(C)COCc1cccc(S(=O)(=O)NC(C)(C)C)c1. The van der Waals surface area contributed by atoms with E-state index in [1.54, 1.807) is 18.2 Å². The van der Waals surface area contributed by atoms with Gasteiger partial charge in [0, 0.05) is 12.1 Å². The van der Waals surface area contributed by atoms with Gasteiger partial charge in [-0.25, -0.2) is 13.1 Å². The molecule has 5 heteroatoms. The molecule has 1 aromatic carbocycles. The first-order valence-electron chi connectivity index (χ1n) is 6.81. The third-order valence-corrected chi connectivity index (χ3v) is 4.12. The van der Waals surface area contributed by atoms with Crippen LogP contribution < -0.4 is 4.72 Å². The minimum Gasteiger partial charge on any atom is -0.377 e. The summed E-state index contributed by atoms with van der Waals surface area (Å²) in [4.78, 5) is 0.276. The van der Waals surface area contributed by atoms with Gasteiger partial charge in [0.1, 0.15) is 0 Å². The van der Waals surface area contributed by atoms with Gasteiger partial charge in [-0.15, -0.1) is 0 Å². The van der Waals surface area contributed by atoms with Crippen molar-refractivity contribution in [2.45, 2.75) is 51.7 Å². The number of hydrogen-bond donors (Lipinski definition) is 1. The molecule has 0 radical (unpaired) electrons. The molecule has 1 rings (SSSR count). The molecule has 0 amide bonds. The Hall–Kier alpha value is -0.910. The maximum atomic E-state index is 12.2. The molecule has 1 N–H and O–H groups in total. The first kappa shape index (κ1) is 17.1. The highest BCUT2D eigenvalue weighted by Gasteiger charge is 2.21. The van der Waals surface area contributed by atoms with Crippen LogP contribution >= 0.6 is 0 Å². The van der Waals surface area contributed by atoms with Gasteiger partial charge < -0.3 is 4.74 Å². The molecule has 1 aromatic rings. The fourth-order valence-electron chi connectivity index (χ4n) is 1.68. The Balaban J connectivity index is 2.82. The van der Waals surface area contributed by atoms with Crippen LogP contribution in [0.5, 0.6) is 0 Å². The molecule has 0 saturated heterocycles. The molecule has 0 fully saturated rings. The molecule has 0 aromatic heterocycles. The highest BCUT2D eigenvalue weighted by Crippen LogP contribution is 2.15. The Morgan fingerprint density at radius 2 is 1.90 bits per heavy atom. The lowest BCUT2D eigenvalue weighted by atomic mass is 10.1. The minimum atomic E-state index is -3.49. The van der Waals surface area contributed by atoms with Crippen LogP contribution in [0.25, 0.3) is 0 Å². The van der Waals surface area contributed by atoms with Crippen LogP contribution in [0.15, 0.2) is 29.2 Å². The normalized spacial score (nSPS) is 12.9. The van der Waals surface area contributed by atoms with E-state index >= 15 is 0 Å². The Bertz CT molecular complexity index is 530. The summed E-state index contributed by atoms with van der Waals surface area (Å²) in [5.41, 5.74) is 0.366.